The van der Waals surface area contributed by atoms with E-state index in [-0.39, 0.29) is 5.56 Å². The highest BCUT2D eigenvalue weighted by molar-refractivity contribution is 9.10. The van der Waals surface area contributed by atoms with Crippen LogP contribution in [0.2, 0.25) is 0 Å². The number of carboxylic acid groups (broad SMARTS) is 1. The molecule has 0 saturated heterocycles. The average molecular weight is 519 g/mol. The minimum Gasteiger partial charge on any atom is -0.493 e. The van der Waals surface area contributed by atoms with Crippen molar-refractivity contribution in [1.29, 1.82) is 0 Å². The van der Waals surface area contributed by atoms with Crippen LogP contribution < -0.4 is 4.74 Å². The van der Waals surface area contributed by atoms with E-state index < -0.39 is 5.97 Å². The summed E-state index contributed by atoms with van der Waals surface area (Å²) in [6.07, 6.45) is 2.77. The van der Waals surface area contributed by atoms with Crippen LogP contribution in [0.15, 0.2) is 83.3 Å². The second-order valence-electron chi connectivity index (χ2n) is 8.10. The van der Waals surface area contributed by atoms with E-state index in [0.717, 1.165) is 35.0 Å². The van der Waals surface area contributed by atoms with Gasteiger partial charge in [-0.25, -0.2) is 4.79 Å². The van der Waals surface area contributed by atoms with E-state index in [2.05, 4.69) is 47.1 Å². The van der Waals surface area contributed by atoms with Crippen LogP contribution in [0.3, 0.4) is 0 Å². The van der Waals surface area contributed by atoms with Gasteiger partial charge in [-0.15, -0.1) is 0 Å². The minimum atomic E-state index is -0.975. The van der Waals surface area contributed by atoms with Gasteiger partial charge in [-0.1, -0.05) is 71.7 Å². The smallest absolute Gasteiger partial charge is 0.335 e. The number of aromatic carboxylic acids is 1. The molecule has 0 unspecified atom stereocenters. The standard InChI is InChI=1S/C28H27BrN2O3/c1-2-3-16-34-27-13-12-22(28(32)33)18-24(27)25-19-26(21-10-7-11-23(29)17-21)31(30-25)15-14-20-8-5-4-6-9-20/h4-13,17-19H,2-3,14-16H2,1H3,(H,32,33). The zero-order valence-corrected chi connectivity index (χ0v) is 20.7. The minimum absolute atomic E-state index is 0.209. The number of aryl methyl sites for hydroxylation is 2. The van der Waals surface area contributed by atoms with Crippen LogP contribution in [0.25, 0.3) is 22.5 Å². The van der Waals surface area contributed by atoms with E-state index >= 15 is 0 Å². The highest BCUT2D eigenvalue weighted by Crippen LogP contribution is 2.34. The van der Waals surface area contributed by atoms with E-state index in [0.29, 0.717) is 30.2 Å². The summed E-state index contributed by atoms with van der Waals surface area (Å²) < 4.78 is 9.00. The topological polar surface area (TPSA) is 64.3 Å². The Morgan fingerprint density at radius 3 is 2.59 bits per heavy atom. The molecule has 0 fully saturated rings. The van der Waals surface area contributed by atoms with Crippen molar-refractivity contribution < 1.29 is 14.6 Å². The van der Waals surface area contributed by atoms with Gasteiger partial charge in [-0.2, -0.15) is 5.10 Å². The lowest BCUT2D eigenvalue weighted by atomic mass is 10.1. The first kappa shape index (κ1) is 23.8. The highest BCUT2D eigenvalue weighted by Gasteiger charge is 2.17. The SMILES string of the molecule is CCCCOc1ccc(C(=O)O)cc1-c1cc(-c2cccc(Br)c2)n(CCc2ccccc2)n1. The van der Waals surface area contributed by atoms with Crippen LogP contribution in [0.1, 0.15) is 35.7 Å². The normalized spacial score (nSPS) is 10.9. The second-order valence-corrected chi connectivity index (χ2v) is 9.02. The van der Waals surface area contributed by atoms with Crippen LogP contribution in [0, 0.1) is 0 Å². The summed E-state index contributed by atoms with van der Waals surface area (Å²) in [6, 6.07) is 25.4. The molecule has 0 aliphatic heterocycles. The Hall–Kier alpha value is -3.38. The van der Waals surface area contributed by atoms with Crippen molar-refractivity contribution in [3.8, 4) is 28.3 Å². The van der Waals surface area contributed by atoms with Gasteiger partial charge in [0, 0.05) is 22.1 Å². The third-order valence-corrected chi connectivity index (χ3v) is 6.11. The van der Waals surface area contributed by atoms with Crippen LogP contribution in [-0.2, 0) is 13.0 Å². The lowest BCUT2D eigenvalue weighted by molar-refractivity contribution is 0.0697. The number of carbonyl (C=O) groups is 1. The van der Waals surface area contributed by atoms with E-state index in [1.54, 1.807) is 18.2 Å². The first-order chi connectivity index (χ1) is 16.5. The summed E-state index contributed by atoms with van der Waals surface area (Å²) in [4.78, 5) is 11.7. The molecule has 174 valence electrons. The van der Waals surface area contributed by atoms with Gasteiger partial charge in [-0.05, 0) is 54.8 Å². The number of nitrogens with zero attached hydrogens (tertiary/aromatic N) is 2. The molecule has 0 aliphatic rings. The second kappa shape index (κ2) is 11.2. The van der Waals surface area contributed by atoms with Crippen molar-refractivity contribution >= 4 is 21.9 Å². The molecule has 1 heterocycles. The molecule has 5 nitrogen and oxygen atoms in total. The maximum Gasteiger partial charge on any atom is 0.335 e. The zero-order valence-electron chi connectivity index (χ0n) is 19.1. The first-order valence-corrected chi connectivity index (χ1v) is 12.2. The lowest BCUT2D eigenvalue weighted by Gasteiger charge is -2.11. The fraction of sp³-hybridized carbons (Fsp3) is 0.214. The van der Waals surface area contributed by atoms with Crippen molar-refractivity contribution in [2.24, 2.45) is 0 Å². The van der Waals surface area contributed by atoms with Gasteiger partial charge in [0.15, 0.2) is 0 Å². The molecule has 4 aromatic rings. The fourth-order valence-electron chi connectivity index (χ4n) is 3.79. The largest absolute Gasteiger partial charge is 0.493 e. The Balaban J connectivity index is 1.77. The van der Waals surface area contributed by atoms with Crippen LogP contribution in [0.4, 0.5) is 0 Å². The Kier molecular flexibility index (Phi) is 7.80. The van der Waals surface area contributed by atoms with Crippen LogP contribution in [0.5, 0.6) is 5.75 Å². The van der Waals surface area contributed by atoms with Gasteiger partial charge in [0.1, 0.15) is 5.75 Å². The Bertz CT molecular complexity index is 1270. The molecule has 6 heteroatoms. The predicted molar refractivity (Wildman–Crippen MR) is 138 cm³/mol. The van der Waals surface area contributed by atoms with Crippen molar-refractivity contribution in [3.05, 3.63) is 94.5 Å². The summed E-state index contributed by atoms with van der Waals surface area (Å²) in [7, 11) is 0. The molecule has 0 amide bonds. The monoisotopic (exact) mass is 518 g/mol. The van der Waals surface area contributed by atoms with Crippen molar-refractivity contribution in [1.82, 2.24) is 9.78 Å². The van der Waals surface area contributed by atoms with Crippen LogP contribution in [-0.4, -0.2) is 27.5 Å². The average Bonchev–Trinajstić information content (AvgIpc) is 3.28. The fourth-order valence-corrected chi connectivity index (χ4v) is 4.19. The van der Waals surface area contributed by atoms with Crippen LogP contribution >= 0.6 is 15.9 Å². The number of carboxylic acids is 1. The molecule has 0 spiro atoms. The summed E-state index contributed by atoms with van der Waals surface area (Å²) in [5.74, 6) is -0.330. The number of rotatable bonds is 10. The molecule has 0 saturated carbocycles. The maximum atomic E-state index is 11.7. The summed E-state index contributed by atoms with van der Waals surface area (Å²) >= 11 is 3.57. The van der Waals surface area contributed by atoms with Crippen molar-refractivity contribution in [2.75, 3.05) is 6.61 Å². The molecule has 0 radical (unpaired) electrons. The zero-order chi connectivity index (χ0) is 23.9. The number of unbranched alkanes of at least 4 members (excludes halogenated alkanes) is 1. The number of benzene rings is 3. The number of hydrogen-bond acceptors (Lipinski definition) is 3. The number of halogens is 1. The molecule has 0 aliphatic carbocycles. The third-order valence-electron chi connectivity index (χ3n) is 5.61. The summed E-state index contributed by atoms with van der Waals surface area (Å²) in [6.45, 7) is 3.37. The van der Waals surface area contributed by atoms with Gasteiger partial charge in [-0.3, -0.25) is 4.68 Å². The van der Waals surface area contributed by atoms with Gasteiger partial charge >= 0.3 is 5.97 Å². The molecule has 1 aromatic heterocycles. The van der Waals surface area contributed by atoms with E-state index in [9.17, 15) is 9.90 Å². The highest BCUT2D eigenvalue weighted by atomic mass is 79.9. The number of aromatic nitrogens is 2. The van der Waals surface area contributed by atoms with Gasteiger partial charge in [0.2, 0.25) is 0 Å². The van der Waals surface area contributed by atoms with Crippen molar-refractivity contribution in [3.63, 3.8) is 0 Å². The predicted octanol–water partition coefficient (Wildman–Crippen LogP) is 7.10. The molecule has 0 atom stereocenters. The summed E-state index contributed by atoms with van der Waals surface area (Å²) in [5.41, 5.74) is 4.82. The lowest BCUT2D eigenvalue weighted by Crippen LogP contribution is -2.06. The Labute approximate surface area is 208 Å². The van der Waals surface area contributed by atoms with Gasteiger partial charge in [0.05, 0.1) is 23.6 Å². The maximum absolute atomic E-state index is 11.7. The third kappa shape index (κ3) is 5.75. The van der Waals surface area contributed by atoms with E-state index in [1.807, 2.05) is 41.1 Å². The van der Waals surface area contributed by atoms with Crippen molar-refractivity contribution in [2.45, 2.75) is 32.7 Å². The molecule has 3 aromatic carbocycles. The Morgan fingerprint density at radius 1 is 1.03 bits per heavy atom. The molecular formula is C28H27BrN2O3. The number of ether oxygens (including phenoxy) is 1. The molecule has 1 N–H and O–H groups in total. The quantitative estimate of drug-likeness (QED) is 0.227. The summed E-state index contributed by atoms with van der Waals surface area (Å²) in [5, 5.41) is 14.5. The van der Waals surface area contributed by atoms with E-state index in [1.165, 1.54) is 5.56 Å². The number of hydrogen-bond donors (Lipinski definition) is 1. The molecule has 34 heavy (non-hydrogen) atoms. The Morgan fingerprint density at radius 2 is 1.85 bits per heavy atom. The first-order valence-electron chi connectivity index (χ1n) is 11.4. The molecular weight excluding hydrogens is 492 g/mol. The molecule has 0 bridgehead atoms. The van der Waals surface area contributed by atoms with E-state index in [4.69, 9.17) is 9.84 Å². The van der Waals surface area contributed by atoms with Gasteiger partial charge < -0.3 is 9.84 Å². The molecule has 4 rings (SSSR count). The van der Waals surface area contributed by atoms with Gasteiger partial charge in [0.25, 0.3) is 0 Å².